The summed E-state index contributed by atoms with van der Waals surface area (Å²) in [5, 5.41) is 0. The van der Waals surface area contributed by atoms with Crippen LogP contribution in [0.4, 0.5) is 0 Å². The predicted octanol–water partition coefficient (Wildman–Crippen LogP) is 0.805. The standard InChI is InChI=1S/C17H22N2O4/c1-19-11-8-9-12(19)14(18)15(13(11)17(21)22-2)23-16(20)10-6-4-3-5-7-10/h3-7,11-15H,8-9,18H2,1-2H3/t11-,12+,13+,14?,15-/m0/s1. The summed E-state index contributed by atoms with van der Waals surface area (Å²) in [6, 6.07) is 8.45. The van der Waals surface area contributed by atoms with Gasteiger partial charge in [0.05, 0.1) is 18.7 Å². The third kappa shape index (κ3) is 2.72. The van der Waals surface area contributed by atoms with Gasteiger partial charge in [-0.2, -0.15) is 0 Å². The number of nitrogens with zero attached hydrogens (tertiary/aromatic N) is 1. The van der Waals surface area contributed by atoms with Crippen molar-refractivity contribution in [3.05, 3.63) is 35.9 Å². The van der Waals surface area contributed by atoms with E-state index >= 15 is 0 Å². The summed E-state index contributed by atoms with van der Waals surface area (Å²) in [7, 11) is 3.32. The Hall–Kier alpha value is -1.92. The highest BCUT2D eigenvalue weighted by atomic mass is 16.6. The first-order valence-electron chi connectivity index (χ1n) is 7.86. The molecule has 0 radical (unpaired) electrons. The van der Waals surface area contributed by atoms with Gasteiger partial charge in [-0.15, -0.1) is 0 Å². The second-order valence-electron chi connectivity index (χ2n) is 6.24. The average Bonchev–Trinajstić information content (AvgIpc) is 2.87. The number of carbonyl (C=O) groups excluding carboxylic acids is 2. The van der Waals surface area contributed by atoms with E-state index < -0.39 is 24.0 Å². The number of piperidine rings is 1. The molecule has 1 aromatic rings. The Kier molecular flexibility index (Phi) is 4.37. The second kappa shape index (κ2) is 6.29. The van der Waals surface area contributed by atoms with E-state index in [-0.39, 0.29) is 18.1 Å². The number of nitrogens with two attached hydrogens (primary N) is 1. The van der Waals surface area contributed by atoms with Gasteiger partial charge < -0.3 is 15.2 Å². The minimum atomic E-state index is -0.663. The van der Waals surface area contributed by atoms with Crippen LogP contribution in [-0.4, -0.2) is 55.2 Å². The molecule has 2 aliphatic rings. The molecule has 1 aromatic carbocycles. The highest BCUT2D eigenvalue weighted by Crippen LogP contribution is 2.39. The number of hydrogen-bond donors (Lipinski definition) is 1. The summed E-state index contributed by atoms with van der Waals surface area (Å²) in [4.78, 5) is 26.8. The number of rotatable bonds is 3. The zero-order chi connectivity index (χ0) is 16.6. The molecule has 2 bridgehead atoms. The van der Waals surface area contributed by atoms with Crippen LogP contribution in [0.5, 0.6) is 0 Å². The van der Waals surface area contributed by atoms with Crippen LogP contribution in [-0.2, 0) is 14.3 Å². The van der Waals surface area contributed by atoms with Crippen molar-refractivity contribution in [3.8, 4) is 0 Å². The van der Waals surface area contributed by atoms with Gasteiger partial charge in [-0.3, -0.25) is 9.69 Å². The normalized spacial score (nSPS) is 33.3. The molecule has 0 amide bonds. The van der Waals surface area contributed by atoms with Gasteiger partial charge in [-0.05, 0) is 32.0 Å². The number of benzene rings is 1. The SMILES string of the molecule is COC(=O)[C@H]1[C@H](OC(=O)c2ccccc2)C(N)[C@H]2CC[C@@H]1N2C. The summed E-state index contributed by atoms with van der Waals surface area (Å²) in [6.45, 7) is 0. The molecule has 2 heterocycles. The summed E-state index contributed by atoms with van der Waals surface area (Å²) in [5.74, 6) is -1.38. The number of methoxy groups -OCH3 is 1. The van der Waals surface area contributed by atoms with Crippen LogP contribution < -0.4 is 5.73 Å². The molecule has 23 heavy (non-hydrogen) atoms. The first-order valence-corrected chi connectivity index (χ1v) is 7.86. The van der Waals surface area contributed by atoms with Crippen molar-refractivity contribution in [3.63, 3.8) is 0 Å². The molecule has 0 aliphatic carbocycles. The first-order chi connectivity index (χ1) is 11.0. The molecule has 3 rings (SSSR count). The predicted molar refractivity (Wildman–Crippen MR) is 83.7 cm³/mol. The van der Waals surface area contributed by atoms with Crippen molar-refractivity contribution >= 4 is 11.9 Å². The van der Waals surface area contributed by atoms with Crippen LogP contribution >= 0.6 is 0 Å². The number of carbonyl (C=O) groups is 2. The third-order valence-electron chi connectivity index (χ3n) is 5.12. The Balaban J connectivity index is 1.86. The van der Waals surface area contributed by atoms with E-state index in [1.807, 2.05) is 13.1 Å². The van der Waals surface area contributed by atoms with Gasteiger partial charge in [-0.25, -0.2) is 4.79 Å². The molecule has 6 heteroatoms. The zero-order valence-corrected chi connectivity index (χ0v) is 13.3. The van der Waals surface area contributed by atoms with E-state index in [2.05, 4.69) is 4.90 Å². The van der Waals surface area contributed by atoms with Crippen LogP contribution in [0.1, 0.15) is 23.2 Å². The average molecular weight is 318 g/mol. The highest BCUT2D eigenvalue weighted by molar-refractivity contribution is 5.89. The Labute approximate surface area is 135 Å². The lowest BCUT2D eigenvalue weighted by Crippen LogP contribution is -2.64. The van der Waals surface area contributed by atoms with Crippen LogP contribution in [0.25, 0.3) is 0 Å². The van der Waals surface area contributed by atoms with Gasteiger partial charge in [0.1, 0.15) is 12.0 Å². The molecule has 2 saturated heterocycles. The summed E-state index contributed by atoms with van der Waals surface area (Å²) in [6.07, 6.45) is 1.09. The smallest absolute Gasteiger partial charge is 0.338 e. The van der Waals surface area contributed by atoms with Crippen LogP contribution in [0.2, 0.25) is 0 Å². The van der Waals surface area contributed by atoms with E-state index in [0.29, 0.717) is 5.56 Å². The Bertz CT molecular complexity index is 592. The lowest BCUT2D eigenvalue weighted by molar-refractivity contribution is -0.157. The molecule has 6 nitrogen and oxygen atoms in total. The molecular formula is C17H22N2O4. The minimum absolute atomic E-state index is 0.000762. The molecule has 2 N–H and O–H groups in total. The lowest BCUT2D eigenvalue weighted by atomic mass is 9.84. The van der Waals surface area contributed by atoms with Crippen molar-refractivity contribution in [2.45, 2.75) is 37.1 Å². The fraction of sp³-hybridized carbons (Fsp3) is 0.529. The zero-order valence-electron chi connectivity index (χ0n) is 13.3. The molecule has 0 saturated carbocycles. The van der Waals surface area contributed by atoms with Crippen molar-refractivity contribution < 1.29 is 19.1 Å². The van der Waals surface area contributed by atoms with Crippen molar-refractivity contribution in [2.75, 3.05) is 14.2 Å². The number of ether oxygens (including phenoxy) is 2. The minimum Gasteiger partial charge on any atom is -0.469 e. The summed E-state index contributed by atoms with van der Waals surface area (Å²) < 4.78 is 10.6. The van der Waals surface area contributed by atoms with E-state index in [9.17, 15) is 9.59 Å². The molecule has 1 unspecified atom stereocenters. The highest BCUT2D eigenvalue weighted by Gasteiger charge is 2.55. The number of hydrogen-bond acceptors (Lipinski definition) is 6. The van der Waals surface area contributed by atoms with Crippen LogP contribution in [0, 0.1) is 5.92 Å². The van der Waals surface area contributed by atoms with Gasteiger partial charge in [0.15, 0.2) is 0 Å². The third-order valence-corrected chi connectivity index (χ3v) is 5.12. The van der Waals surface area contributed by atoms with Crippen LogP contribution in [0.3, 0.4) is 0 Å². The molecular weight excluding hydrogens is 296 g/mol. The fourth-order valence-electron chi connectivity index (χ4n) is 3.91. The first kappa shape index (κ1) is 16.0. The Morgan fingerprint density at radius 2 is 1.83 bits per heavy atom. The van der Waals surface area contributed by atoms with Crippen molar-refractivity contribution in [2.24, 2.45) is 11.7 Å². The lowest BCUT2D eigenvalue weighted by Gasteiger charge is -2.44. The fourth-order valence-corrected chi connectivity index (χ4v) is 3.91. The maximum absolute atomic E-state index is 12.4. The van der Waals surface area contributed by atoms with Crippen molar-refractivity contribution in [1.82, 2.24) is 4.90 Å². The number of likely N-dealkylation sites (N-methyl/N-ethyl adjacent to an activating group) is 1. The Morgan fingerprint density at radius 1 is 1.17 bits per heavy atom. The van der Waals surface area contributed by atoms with E-state index in [4.69, 9.17) is 15.2 Å². The summed E-state index contributed by atoms with van der Waals surface area (Å²) in [5.41, 5.74) is 6.79. The number of esters is 2. The molecule has 124 valence electrons. The monoisotopic (exact) mass is 318 g/mol. The molecule has 5 atom stereocenters. The summed E-state index contributed by atoms with van der Waals surface area (Å²) >= 11 is 0. The van der Waals surface area contributed by atoms with Gasteiger partial charge in [-0.1, -0.05) is 18.2 Å². The maximum atomic E-state index is 12.4. The number of fused-ring (bicyclic) bond motifs is 2. The quantitative estimate of drug-likeness (QED) is 0.831. The molecule has 2 fully saturated rings. The Morgan fingerprint density at radius 3 is 2.48 bits per heavy atom. The van der Waals surface area contributed by atoms with E-state index in [1.165, 1.54) is 7.11 Å². The van der Waals surface area contributed by atoms with E-state index in [1.54, 1.807) is 24.3 Å². The largest absolute Gasteiger partial charge is 0.469 e. The van der Waals surface area contributed by atoms with Gasteiger partial charge in [0.2, 0.25) is 0 Å². The topological polar surface area (TPSA) is 81.9 Å². The van der Waals surface area contributed by atoms with E-state index in [0.717, 1.165) is 12.8 Å². The van der Waals surface area contributed by atoms with Gasteiger partial charge >= 0.3 is 11.9 Å². The molecule has 0 spiro atoms. The molecule has 2 aliphatic heterocycles. The maximum Gasteiger partial charge on any atom is 0.338 e. The van der Waals surface area contributed by atoms with Gasteiger partial charge in [0, 0.05) is 12.1 Å². The second-order valence-corrected chi connectivity index (χ2v) is 6.24. The van der Waals surface area contributed by atoms with Gasteiger partial charge in [0.25, 0.3) is 0 Å². The molecule has 0 aromatic heterocycles. The van der Waals surface area contributed by atoms with Crippen molar-refractivity contribution in [1.29, 1.82) is 0 Å². The van der Waals surface area contributed by atoms with Crippen LogP contribution in [0.15, 0.2) is 30.3 Å².